The van der Waals surface area contributed by atoms with E-state index in [1.165, 1.54) is 4.88 Å². The van der Waals surface area contributed by atoms with Crippen molar-refractivity contribution in [2.24, 2.45) is 4.99 Å². The molecule has 0 saturated heterocycles. The molecule has 0 aliphatic rings. The minimum atomic E-state index is -0.851. The van der Waals surface area contributed by atoms with E-state index in [1.54, 1.807) is 11.3 Å². The summed E-state index contributed by atoms with van der Waals surface area (Å²) in [5, 5.41) is 5.41. The molecule has 0 spiro atoms. The molecule has 1 rings (SSSR count). The zero-order valence-corrected chi connectivity index (χ0v) is 18.8. The van der Waals surface area contributed by atoms with Crippen molar-refractivity contribution in [1.82, 2.24) is 10.2 Å². The number of rotatable bonds is 7. The van der Waals surface area contributed by atoms with Crippen LogP contribution in [0.1, 0.15) is 32.6 Å². The van der Waals surface area contributed by atoms with Gasteiger partial charge in [0.1, 0.15) is 0 Å². The zero-order chi connectivity index (χ0) is 16.6. The molecule has 0 radical (unpaired) electrons. The summed E-state index contributed by atoms with van der Waals surface area (Å²) in [6.45, 7) is 10.4. The summed E-state index contributed by atoms with van der Waals surface area (Å²) in [7, 11) is 1.20. The monoisotopic (exact) mass is 471 g/mol. The predicted molar refractivity (Wildman–Crippen MR) is 115 cm³/mol. The smallest absolute Gasteiger partial charge is 0.193 e. The second-order valence-electron chi connectivity index (χ2n) is 6.15. The molecular weight excluding hydrogens is 441 g/mol. The molecule has 0 aromatic carbocycles. The van der Waals surface area contributed by atoms with Crippen molar-refractivity contribution in [2.75, 3.05) is 32.4 Å². The Bertz CT molecular complexity index is 484. The average Bonchev–Trinajstić information content (AvgIpc) is 2.95. The lowest BCUT2D eigenvalue weighted by molar-refractivity contribution is 0.487. The number of guanidine groups is 1. The summed E-state index contributed by atoms with van der Waals surface area (Å²) in [5.74, 6) is 1.50. The molecule has 1 unspecified atom stereocenters. The highest BCUT2D eigenvalue weighted by Crippen LogP contribution is 2.11. The van der Waals surface area contributed by atoms with Crippen molar-refractivity contribution < 1.29 is 4.21 Å². The van der Waals surface area contributed by atoms with Gasteiger partial charge in [-0.05, 0) is 45.6 Å². The summed E-state index contributed by atoms with van der Waals surface area (Å²) in [6.07, 6.45) is 1.02. The fourth-order valence-corrected chi connectivity index (χ4v) is 3.42. The van der Waals surface area contributed by atoms with Crippen LogP contribution in [-0.4, -0.2) is 52.3 Å². The van der Waals surface area contributed by atoms with E-state index in [0.29, 0.717) is 12.3 Å². The Hall–Kier alpha value is -0.150. The minimum Gasteiger partial charge on any atom is -0.357 e. The topological polar surface area (TPSA) is 44.7 Å². The van der Waals surface area contributed by atoms with Crippen LogP contribution in [0.4, 0.5) is 0 Å². The van der Waals surface area contributed by atoms with E-state index in [0.717, 1.165) is 25.5 Å². The fraction of sp³-hybridized carbons (Fsp3) is 0.688. The Morgan fingerprint density at radius 2 is 2.13 bits per heavy atom. The molecule has 23 heavy (non-hydrogen) atoms. The number of thiophene rings is 1. The zero-order valence-electron chi connectivity index (χ0n) is 14.8. The summed E-state index contributed by atoms with van der Waals surface area (Å²) in [4.78, 5) is 8.14. The average molecular weight is 471 g/mol. The minimum absolute atomic E-state index is 0. The third kappa shape index (κ3) is 9.05. The quantitative estimate of drug-likeness (QED) is 0.377. The molecule has 1 aromatic heterocycles. The molecule has 0 aliphatic carbocycles. The molecule has 1 N–H and O–H groups in total. The highest BCUT2D eigenvalue weighted by atomic mass is 127. The number of halogens is 1. The van der Waals surface area contributed by atoms with E-state index in [4.69, 9.17) is 0 Å². The summed E-state index contributed by atoms with van der Waals surface area (Å²) in [6, 6.07) is 4.25. The van der Waals surface area contributed by atoms with Crippen LogP contribution in [0.3, 0.4) is 0 Å². The molecule has 1 atom stereocenters. The normalized spacial score (nSPS) is 13.3. The van der Waals surface area contributed by atoms with Gasteiger partial charge in [-0.2, -0.15) is 0 Å². The molecule has 0 aliphatic heterocycles. The Labute approximate surface area is 164 Å². The fourth-order valence-electron chi connectivity index (χ4n) is 1.85. The number of nitrogens with zero attached hydrogens (tertiary/aromatic N) is 2. The van der Waals surface area contributed by atoms with Gasteiger partial charge in [-0.25, -0.2) is 0 Å². The molecule has 0 bridgehead atoms. The van der Waals surface area contributed by atoms with Crippen LogP contribution in [0, 0.1) is 0 Å². The standard InChI is InChI=1S/C16H29N3OS2.HI/c1-6-17-15(18-10-13-22(20)16(2,3)4)19(5)11-9-14-8-7-12-21-14;/h7-8,12H,6,9-11,13H2,1-5H3,(H,17,18);1H. The van der Waals surface area contributed by atoms with Gasteiger partial charge < -0.3 is 10.2 Å². The van der Waals surface area contributed by atoms with Gasteiger partial charge in [0.2, 0.25) is 0 Å². The van der Waals surface area contributed by atoms with E-state index in [9.17, 15) is 4.21 Å². The van der Waals surface area contributed by atoms with Crippen molar-refractivity contribution >= 4 is 52.1 Å². The number of hydrogen-bond acceptors (Lipinski definition) is 3. The van der Waals surface area contributed by atoms with Gasteiger partial charge in [-0.1, -0.05) is 6.07 Å². The van der Waals surface area contributed by atoms with Crippen LogP contribution in [0.15, 0.2) is 22.5 Å². The molecule has 0 amide bonds. The maximum Gasteiger partial charge on any atom is 0.193 e. The lowest BCUT2D eigenvalue weighted by Gasteiger charge is -2.22. The van der Waals surface area contributed by atoms with Gasteiger partial charge in [-0.3, -0.25) is 9.20 Å². The van der Waals surface area contributed by atoms with E-state index in [2.05, 4.69) is 46.7 Å². The first-order chi connectivity index (χ1) is 10.3. The summed E-state index contributed by atoms with van der Waals surface area (Å²) < 4.78 is 11.9. The van der Waals surface area contributed by atoms with E-state index in [-0.39, 0.29) is 28.7 Å². The maximum atomic E-state index is 12.1. The van der Waals surface area contributed by atoms with Gasteiger partial charge in [0, 0.05) is 46.3 Å². The largest absolute Gasteiger partial charge is 0.357 e. The lowest BCUT2D eigenvalue weighted by Crippen LogP contribution is -2.40. The highest BCUT2D eigenvalue weighted by molar-refractivity contribution is 14.0. The Kier molecular flexibility index (Phi) is 11.3. The first-order valence-electron chi connectivity index (χ1n) is 7.75. The second-order valence-corrected chi connectivity index (χ2v) is 9.50. The third-order valence-electron chi connectivity index (χ3n) is 3.19. The summed E-state index contributed by atoms with van der Waals surface area (Å²) in [5.41, 5.74) is 0. The SMILES string of the molecule is CCNC(=NCCS(=O)C(C)(C)C)N(C)CCc1cccs1.I. The molecule has 0 saturated carbocycles. The first-order valence-corrected chi connectivity index (χ1v) is 9.94. The van der Waals surface area contributed by atoms with Gasteiger partial charge in [0.25, 0.3) is 0 Å². The van der Waals surface area contributed by atoms with E-state index >= 15 is 0 Å². The van der Waals surface area contributed by atoms with Crippen molar-refractivity contribution in [3.63, 3.8) is 0 Å². The predicted octanol–water partition coefficient (Wildman–Crippen LogP) is 3.35. The molecule has 1 heterocycles. The maximum absolute atomic E-state index is 12.1. The third-order valence-corrected chi connectivity index (χ3v) is 6.05. The molecule has 134 valence electrons. The number of nitrogens with one attached hydrogen (secondary N) is 1. The van der Waals surface area contributed by atoms with Gasteiger partial charge in [0.05, 0.1) is 6.54 Å². The van der Waals surface area contributed by atoms with Crippen molar-refractivity contribution in [1.29, 1.82) is 0 Å². The summed E-state index contributed by atoms with van der Waals surface area (Å²) >= 11 is 1.79. The molecule has 1 aromatic rings. The van der Waals surface area contributed by atoms with Crippen LogP contribution < -0.4 is 5.32 Å². The van der Waals surface area contributed by atoms with Gasteiger partial charge in [-0.15, -0.1) is 35.3 Å². The van der Waals surface area contributed by atoms with E-state index < -0.39 is 10.8 Å². The van der Waals surface area contributed by atoms with Crippen molar-refractivity contribution in [3.05, 3.63) is 22.4 Å². The van der Waals surface area contributed by atoms with E-state index in [1.807, 2.05) is 20.8 Å². The number of aliphatic imine (C=N–C) groups is 1. The lowest BCUT2D eigenvalue weighted by atomic mass is 10.3. The highest BCUT2D eigenvalue weighted by Gasteiger charge is 2.18. The van der Waals surface area contributed by atoms with Crippen molar-refractivity contribution in [2.45, 2.75) is 38.9 Å². The van der Waals surface area contributed by atoms with Crippen LogP contribution in [0.25, 0.3) is 0 Å². The van der Waals surface area contributed by atoms with Crippen LogP contribution in [0.2, 0.25) is 0 Å². The second kappa shape index (κ2) is 11.4. The van der Waals surface area contributed by atoms with Gasteiger partial charge in [0.15, 0.2) is 5.96 Å². The van der Waals surface area contributed by atoms with Crippen LogP contribution >= 0.6 is 35.3 Å². The first kappa shape index (κ1) is 22.9. The van der Waals surface area contributed by atoms with Crippen LogP contribution in [0.5, 0.6) is 0 Å². The molecular formula is C16H30IN3OS2. The Balaban J connectivity index is 0.00000484. The number of likely N-dealkylation sites (N-methyl/N-ethyl adjacent to an activating group) is 1. The molecule has 7 heteroatoms. The van der Waals surface area contributed by atoms with Crippen molar-refractivity contribution in [3.8, 4) is 0 Å². The Morgan fingerprint density at radius 1 is 1.43 bits per heavy atom. The molecule has 0 fully saturated rings. The number of hydrogen-bond donors (Lipinski definition) is 1. The Morgan fingerprint density at radius 3 is 2.65 bits per heavy atom. The van der Waals surface area contributed by atoms with Gasteiger partial charge >= 0.3 is 0 Å². The van der Waals surface area contributed by atoms with Crippen LogP contribution in [-0.2, 0) is 17.2 Å². The molecule has 4 nitrogen and oxygen atoms in total.